The molecule has 0 radical (unpaired) electrons. The van der Waals surface area contributed by atoms with Gasteiger partial charge in [-0.25, -0.2) is 4.39 Å². The third-order valence-electron chi connectivity index (χ3n) is 4.50. The van der Waals surface area contributed by atoms with Gasteiger partial charge in [-0.2, -0.15) is 0 Å². The van der Waals surface area contributed by atoms with Crippen LogP contribution < -0.4 is 0 Å². The van der Waals surface area contributed by atoms with Crippen molar-refractivity contribution in [2.24, 2.45) is 0 Å². The Bertz CT molecular complexity index is 875. The lowest BCUT2D eigenvalue weighted by molar-refractivity contribution is 0.628. The molecule has 1 heterocycles. The fraction of sp³-hybridized carbons (Fsp3) is 0.227. The third-order valence-corrected chi connectivity index (χ3v) is 4.74. The van der Waals surface area contributed by atoms with E-state index in [4.69, 9.17) is 16.6 Å². The maximum Gasteiger partial charge on any atom is 0.123 e. The minimum atomic E-state index is -0.237. The van der Waals surface area contributed by atoms with E-state index in [0.29, 0.717) is 5.92 Å². The van der Waals surface area contributed by atoms with E-state index in [0.717, 1.165) is 40.4 Å². The molecule has 0 aliphatic rings. The Morgan fingerprint density at radius 3 is 2.60 bits per heavy atom. The van der Waals surface area contributed by atoms with Crippen LogP contribution in [0.4, 0.5) is 4.39 Å². The van der Waals surface area contributed by atoms with Gasteiger partial charge in [0.2, 0.25) is 0 Å². The van der Waals surface area contributed by atoms with Crippen molar-refractivity contribution in [3.05, 3.63) is 88.3 Å². The van der Waals surface area contributed by atoms with Crippen molar-refractivity contribution in [2.75, 3.05) is 0 Å². The highest BCUT2D eigenvalue weighted by Gasteiger charge is 2.10. The Morgan fingerprint density at radius 1 is 1.04 bits per heavy atom. The van der Waals surface area contributed by atoms with Crippen molar-refractivity contribution in [3.8, 4) is 11.3 Å². The first-order chi connectivity index (χ1) is 12.0. The number of aromatic nitrogens is 1. The molecule has 3 aromatic rings. The van der Waals surface area contributed by atoms with E-state index in [9.17, 15) is 4.39 Å². The summed E-state index contributed by atoms with van der Waals surface area (Å²) in [5.41, 5.74) is 5.00. The Morgan fingerprint density at radius 2 is 1.84 bits per heavy atom. The van der Waals surface area contributed by atoms with Crippen LogP contribution in [0, 0.1) is 12.7 Å². The fourth-order valence-corrected chi connectivity index (χ4v) is 3.18. The number of nitrogens with zero attached hydrogens (tertiary/aromatic N) is 1. The van der Waals surface area contributed by atoms with Gasteiger partial charge in [0.05, 0.1) is 5.69 Å². The Hall–Kier alpha value is -2.19. The van der Waals surface area contributed by atoms with Crippen molar-refractivity contribution in [1.29, 1.82) is 0 Å². The van der Waals surface area contributed by atoms with Crippen LogP contribution >= 0.6 is 11.6 Å². The molecule has 0 spiro atoms. The van der Waals surface area contributed by atoms with Crippen LogP contribution in [0.2, 0.25) is 5.02 Å². The molecule has 0 bridgehead atoms. The second-order valence-electron chi connectivity index (χ2n) is 6.47. The van der Waals surface area contributed by atoms with Crippen molar-refractivity contribution in [2.45, 2.75) is 32.6 Å². The second kappa shape index (κ2) is 7.79. The van der Waals surface area contributed by atoms with E-state index >= 15 is 0 Å². The topological polar surface area (TPSA) is 12.9 Å². The monoisotopic (exact) mass is 353 g/mol. The zero-order chi connectivity index (χ0) is 17.8. The first-order valence-electron chi connectivity index (χ1n) is 8.51. The summed E-state index contributed by atoms with van der Waals surface area (Å²) < 4.78 is 13.5. The molecule has 3 heteroatoms. The molecule has 0 aliphatic heterocycles. The number of aryl methyl sites for hydroxylation is 2. The van der Waals surface area contributed by atoms with Gasteiger partial charge in [-0.3, -0.25) is 4.98 Å². The first kappa shape index (κ1) is 17.6. The molecule has 1 aromatic heterocycles. The van der Waals surface area contributed by atoms with Crippen LogP contribution in [-0.2, 0) is 6.42 Å². The highest BCUT2D eigenvalue weighted by Crippen LogP contribution is 2.26. The normalized spacial score (nSPS) is 12.2. The molecule has 0 amide bonds. The molecule has 0 saturated carbocycles. The molecule has 2 aromatic carbocycles. The molecule has 1 atom stereocenters. The predicted octanol–water partition coefficient (Wildman–Crippen LogP) is 6.59. The molecule has 0 unspecified atom stereocenters. The van der Waals surface area contributed by atoms with Gasteiger partial charge < -0.3 is 0 Å². The molecule has 0 N–H and O–H groups in total. The van der Waals surface area contributed by atoms with Crippen molar-refractivity contribution < 1.29 is 4.39 Å². The first-order valence-corrected chi connectivity index (χ1v) is 8.88. The fourth-order valence-electron chi connectivity index (χ4n) is 2.98. The number of pyridine rings is 1. The molecule has 0 saturated heterocycles. The molecular weight excluding hydrogens is 333 g/mol. The standard InChI is InChI=1S/C22H21ClFN/c1-15(17-5-3-7-19(23)13-17)9-11-21-12-10-16(2)22(25-21)18-6-4-8-20(24)14-18/h3-8,10,12-15H,9,11H2,1-2H3/t15-/m0/s1. The van der Waals surface area contributed by atoms with Gasteiger partial charge in [-0.1, -0.05) is 48.9 Å². The minimum Gasteiger partial charge on any atom is -0.253 e. The lowest BCUT2D eigenvalue weighted by Crippen LogP contribution is -2.00. The van der Waals surface area contributed by atoms with E-state index < -0.39 is 0 Å². The van der Waals surface area contributed by atoms with Crippen LogP contribution in [0.25, 0.3) is 11.3 Å². The molecule has 0 aliphatic carbocycles. The summed E-state index contributed by atoms with van der Waals surface area (Å²) in [5, 5.41) is 0.770. The molecular formula is C22H21ClFN. The second-order valence-corrected chi connectivity index (χ2v) is 6.91. The largest absolute Gasteiger partial charge is 0.253 e. The smallest absolute Gasteiger partial charge is 0.123 e. The molecule has 0 fully saturated rings. The highest BCUT2D eigenvalue weighted by molar-refractivity contribution is 6.30. The summed E-state index contributed by atoms with van der Waals surface area (Å²) in [4.78, 5) is 4.77. The zero-order valence-electron chi connectivity index (χ0n) is 14.5. The van der Waals surface area contributed by atoms with Gasteiger partial charge in [0.15, 0.2) is 0 Å². The van der Waals surface area contributed by atoms with Gasteiger partial charge in [0, 0.05) is 16.3 Å². The molecule has 3 rings (SSSR count). The third kappa shape index (κ3) is 4.46. The lowest BCUT2D eigenvalue weighted by Gasteiger charge is -2.13. The summed E-state index contributed by atoms with van der Waals surface area (Å²) in [6, 6.07) is 18.7. The average molecular weight is 354 g/mol. The maximum absolute atomic E-state index is 13.5. The van der Waals surface area contributed by atoms with E-state index in [1.165, 1.54) is 17.7 Å². The van der Waals surface area contributed by atoms with Gasteiger partial charge in [-0.05, 0) is 67.1 Å². The van der Waals surface area contributed by atoms with Gasteiger partial charge in [-0.15, -0.1) is 0 Å². The van der Waals surface area contributed by atoms with E-state index in [1.54, 1.807) is 6.07 Å². The number of hydrogen-bond donors (Lipinski definition) is 0. The zero-order valence-corrected chi connectivity index (χ0v) is 15.2. The lowest BCUT2D eigenvalue weighted by atomic mass is 9.95. The van der Waals surface area contributed by atoms with Gasteiger partial charge in [0.25, 0.3) is 0 Å². The van der Waals surface area contributed by atoms with Crippen molar-refractivity contribution >= 4 is 11.6 Å². The van der Waals surface area contributed by atoms with Crippen molar-refractivity contribution in [3.63, 3.8) is 0 Å². The van der Waals surface area contributed by atoms with Gasteiger partial charge in [0.1, 0.15) is 5.82 Å². The Labute approximate surface area is 153 Å². The van der Waals surface area contributed by atoms with E-state index in [-0.39, 0.29) is 5.82 Å². The predicted molar refractivity (Wildman–Crippen MR) is 103 cm³/mol. The van der Waals surface area contributed by atoms with Crippen molar-refractivity contribution in [1.82, 2.24) is 4.98 Å². The number of rotatable bonds is 5. The molecule has 25 heavy (non-hydrogen) atoms. The number of halogens is 2. The quantitative estimate of drug-likeness (QED) is 0.504. The molecule has 128 valence electrons. The van der Waals surface area contributed by atoms with Crippen LogP contribution in [-0.4, -0.2) is 4.98 Å². The Balaban J connectivity index is 1.76. The number of benzene rings is 2. The Kier molecular flexibility index (Phi) is 5.50. The van der Waals surface area contributed by atoms with Crippen LogP contribution in [0.1, 0.15) is 36.1 Å². The summed E-state index contributed by atoms with van der Waals surface area (Å²) in [7, 11) is 0. The average Bonchev–Trinajstić information content (AvgIpc) is 2.60. The summed E-state index contributed by atoms with van der Waals surface area (Å²) in [6.45, 7) is 4.21. The van der Waals surface area contributed by atoms with Crippen LogP contribution in [0.15, 0.2) is 60.7 Å². The summed E-state index contributed by atoms with van der Waals surface area (Å²) in [5.74, 6) is 0.165. The molecule has 1 nitrogen and oxygen atoms in total. The van der Waals surface area contributed by atoms with E-state index in [1.807, 2.05) is 31.2 Å². The highest BCUT2D eigenvalue weighted by atomic mass is 35.5. The SMILES string of the molecule is Cc1ccc(CC[C@H](C)c2cccc(Cl)c2)nc1-c1cccc(F)c1. The number of hydrogen-bond acceptors (Lipinski definition) is 1. The summed E-state index contributed by atoms with van der Waals surface area (Å²) >= 11 is 6.08. The van der Waals surface area contributed by atoms with E-state index in [2.05, 4.69) is 25.1 Å². The van der Waals surface area contributed by atoms with Crippen LogP contribution in [0.5, 0.6) is 0 Å². The van der Waals surface area contributed by atoms with Crippen LogP contribution in [0.3, 0.4) is 0 Å². The minimum absolute atomic E-state index is 0.237. The summed E-state index contributed by atoms with van der Waals surface area (Å²) in [6.07, 6.45) is 1.86. The maximum atomic E-state index is 13.5. The van der Waals surface area contributed by atoms with Gasteiger partial charge >= 0.3 is 0 Å².